The molecular formula is C15H10OSe. The van der Waals surface area contributed by atoms with E-state index >= 15 is 0 Å². The number of benzene rings is 2. The molecule has 0 saturated carbocycles. The third-order valence-corrected chi connectivity index (χ3v) is 3.61. The van der Waals surface area contributed by atoms with Gasteiger partial charge in [0.2, 0.25) is 0 Å². The Morgan fingerprint density at radius 2 is 1.47 bits per heavy atom. The summed E-state index contributed by atoms with van der Waals surface area (Å²) in [6.45, 7) is 0. The maximum absolute atomic E-state index is 11.7. The monoisotopic (exact) mass is 286 g/mol. The van der Waals surface area contributed by atoms with E-state index in [9.17, 15) is 4.79 Å². The molecule has 0 bridgehead atoms. The summed E-state index contributed by atoms with van der Waals surface area (Å²) in [4.78, 5) is 14.6. The molecule has 0 N–H and O–H groups in total. The van der Waals surface area contributed by atoms with E-state index in [0.717, 1.165) is 0 Å². The van der Waals surface area contributed by atoms with E-state index in [0.29, 0.717) is 5.56 Å². The van der Waals surface area contributed by atoms with E-state index in [1.54, 1.807) is 12.1 Å². The van der Waals surface area contributed by atoms with E-state index in [-0.39, 0.29) is 20.7 Å². The first kappa shape index (κ1) is 11.7. The first-order valence-corrected chi connectivity index (χ1v) is 6.90. The normalized spacial score (nSPS) is 9.18. The molecule has 0 fully saturated rings. The topological polar surface area (TPSA) is 17.1 Å². The molecule has 0 aromatic heterocycles. The average Bonchev–Trinajstić information content (AvgIpc) is 2.41. The second kappa shape index (κ2) is 6.06. The molecule has 0 amide bonds. The van der Waals surface area contributed by atoms with Crippen LogP contribution in [0.5, 0.6) is 0 Å². The fourth-order valence-corrected chi connectivity index (χ4v) is 2.45. The molecule has 2 aromatic carbocycles. The summed E-state index contributed by atoms with van der Waals surface area (Å²) in [5.41, 5.74) is 0.656. The molecule has 0 atom stereocenters. The molecule has 17 heavy (non-hydrogen) atoms. The zero-order valence-electron chi connectivity index (χ0n) is 9.09. The molecule has 0 radical (unpaired) electrons. The van der Waals surface area contributed by atoms with Crippen molar-refractivity contribution in [1.82, 2.24) is 0 Å². The minimum absolute atomic E-state index is 0.0473. The first-order valence-electron chi connectivity index (χ1n) is 5.18. The Morgan fingerprint density at radius 1 is 0.882 bits per heavy atom. The van der Waals surface area contributed by atoms with Gasteiger partial charge in [0.1, 0.15) is 0 Å². The van der Waals surface area contributed by atoms with Crippen LogP contribution in [0.3, 0.4) is 0 Å². The quantitative estimate of drug-likeness (QED) is 0.467. The fraction of sp³-hybridized carbons (Fsp3) is 0. The maximum atomic E-state index is 11.7. The van der Waals surface area contributed by atoms with Crippen molar-refractivity contribution in [2.24, 2.45) is 0 Å². The molecule has 0 aliphatic rings. The minimum atomic E-state index is -0.108. The SMILES string of the molecule is O=C(C#C[Se]c1ccccc1)c1ccccc1. The summed E-state index contributed by atoms with van der Waals surface area (Å²) in [5, 5.41) is 0. The van der Waals surface area contributed by atoms with Crippen molar-refractivity contribution in [3.63, 3.8) is 0 Å². The van der Waals surface area contributed by atoms with Crippen LogP contribution in [-0.4, -0.2) is 20.7 Å². The van der Waals surface area contributed by atoms with Crippen LogP contribution in [0.25, 0.3) is 0 Å². The van der Waals surface area contributed by atoms with E-state index < -0.39 is 0 Å². The second-order valence-corrected chi connectivity index (χ2v) is 5.18. The molecule has 2 aromatic rings. The molecule has 0 aliphatic carbocycles. The zero-order valence-corrected chi connectivity index (χ0v) is 10.8. The Morgan fingerprint density at radius 3 is 2.12 bits per heavy atom. The van der Waals surface area contributed by atoms with Gasteiger partial charge >= 0.3 is 107 Å². The van der Waals surface area contributed by atoms with E-state index in [4.69, 9.17) is 0 Å². The van der Waals surface area contributed by atoms with Gasteiger partial charge in [-0.3, -0.25) is 0 Å². The molecule has 2 heteroatoms. The standard InChI is InChI=1S/C15H10OSe/c16-15(13-7-3-1-4-8-13)11-12-17-14-9-5-2-6-10-14/h1-10H. The molecule has 82 valence electrons. The molecular weight excluding hydrogens is 275 g/mol. The van der Waals surface area contributed by atoms with Crippen molar-refractivity contribution in [2.75, 3.05) is 0 Å². The number of hydrogen-bond acceptors (Lipinski definition) is 1. The third-order valence-electron chi connectivity index (χ3n) is 2.11. The number of hydrogen-bond donors (Lipinski definition) is 0. The van der Waals surface area contributed by atoms with Crippen molar-refractivity contribution in [2.45, 2.75) is 0 Å². The molecule has 2 rings (SSSR count). The molecule has 0 unspecified atom stereocenters. The number of rotatable bonds is 2. The predicted molar refractivity (Wildman–Crippen MR) is 70.4 cm³/mol. The van der Waals surface area contributed by atoms with Crippen LogP contribution in [0.15, 0.2) is 60.7 Å². The van der Waals surface area contributed by atoms with E-state index in [2.05, 4.69) is 10.7 Å². The summed E-state index contributed by atoms with van der Waals surface area (Å²) >= 11 is 0.0473. The van der Waals surface area contributed by atoms with Crippen LogP contribution < -0.4 is 4.46 Å². The summed E-state index contributed by atoms with van der Waals surface area (Å²) in [5.74, 6) is 2.58. The van der Waals surface area contributed by atoms with Gasteiger partial charge in [-0.25, -0.2) is 0 Å². The van der Waals surface area contributed by atoms with Gasteiger partial charge in [0.25, 0.3) is 0 Å². The van der Waals surface area contributed by atoms with Gasteiger partial charge in [-0.1, -0.05) is 0 Å². The van der Waals surface area contributed by atoms with Gasteiger partial charge in [0.15, 0.2) is 0 Å². The first-order chi connectivity index (χ1) is 8.36. The van der Waals surface area contributed by atoms with Gasteiger partial charge in [0.05, 0.1) is 0 Å². The van der Waals surface area contributed by atoms with Gasteiger partial charge in [0, 0.05) is 0 Å². The van der Waals surface area contributed by atoms with Crippen LogP contribution in [0.4, 0.5) is 0 Å². The Hall–Kier alpha value is -1.81. The summed E-state index contributed by atoms with van der Waals surface area (Å²) in [6, 6.07) is 19.1. The summed E-state index contributed by atoms with van der Waals surface area (Å²) in [6.07, 6.45) is 0. The number of ketones is 1. The van der Waals surface area contributed by atoms with Crippen molar-refractivity contribution < 1.29 is 4.79 Å². The Bertz CT molecular complexity index is 550. The van der Waals surface area contributed by atoms with E-state index in [1.165, 1.54) is 4.46 Å². The Balaban J connectivity index is 2.01. The molecule has 0 spiro atoms. The van der Waals surface area contributed by atoms with Crippen LogP contribution in [-0.2, 0) is 0 Å². The Labute approximate surface area is 107 Å². The van der Waals surface area contributed by atoms with Crippen LogP contribution >= 0.6 is 0 Å². The molecule has 0 aliphatic heterocycles. The fourth-order valence-electron chi connectivity index (χ4n) is 1.28. The number of Topliss-reactive ketones (excluding diaryl/α,β-unsaturated/α-hetero) is 1. The van der Waals surface area contributed by atoms with E-state index in [1.807, 2.05) is 48.5 Å². The van der Waals surface area contributed by atoms with Gasteiger partial charge in [-0.15, -0.1) is 0 Å². The molecule has 1 nitrogen and oxygen atoms in total. The van der Waals surface area contributed by atoms with Crippen molar-refractivity contribution in [3.8, 4) is 10.7 Å². The van der Waals surface area contributed by atoms with Crippen LogP contribution in [0, 0.1) is 10.7 Å². The summed E-state index contributed by atoms with van der Waals surface area (Å²) < 4.78 is 1.19. The zero-order chi connectivity index (χ0) is 11.9. The van der Waals surface area contributed by atoms with Gasteiger partial charge < -0.3 is 0 Å². The number of carbonyl (C=O) groups excluding carboxylic acids is 1. The van der Waals surface area contributed by atoms with Crippen molar-refractivity contribution >= 4 is 25.2 Å². The van der Waals surface area contributed by atoms with Crippen LogP contribution in [0.2, 0.25) is 0 Å². The van der Waals surface area contributed by atoms with Crippen molar-refractivity contribution in [1.29, 1.82) is 0 Å². The van der Waals surface area contributed by atoms with Gasteiger partial charge in [-0.05, 0) is 0 Å². The second-order valence-electron chi connectivity index (χ2n) is 3.34. The van der Waals surface area contributed by atoms with Crippen LogP contribution in [0.1, 0.15) is 10.4 Å². The van der Waals surface area contributed by atoms with Crippen molar-refractivity contribution in [3.05, 3.63) is 66.2 Å². The molecule has 0 heterocycles. The van der Waals surface area contributed by atoms with Gasteiger partial charge in [-0.2, -0.15) is 0 Å². The third kappa shape index (κ3) is 3.60. The molecule has 0 saturated heterocycles. The summed E-state index contributed by atoms with van der Waals surface area (Å²) in [7, 11) is 0. The predicted octanol–water partition coefficient (Wildman–Crippen LogP) is 1.86. The average molecular weight is 285 g/mol. The number of carbonyl (C=O) groups is 1. The Kier molecular flexibility index (Phi) is 4.16.